The highest BCUT2D eigenvalue weighted by Gasteiger charge is 2.17. The van der Waals surface area contributed by atoms with Gasteiger partial charge >= 0.3 is 0 Å². The maximum Gasteiger partial charge on any atom is 0.273 e. The van der Waals surface area contributed by atoms with E-state index in [-0.39, 0.29) is 42.5 Å². The van der Waals surface area contributed by atoms with Gasteiger partial charge in [0.2, 0.25) is 0 Å². The summed E-state index contributed by atoms with van der Waals surface area (Å²) in [7, 11) is 0. The first kappa shape index (κ1) is 21.4. The van der Waals surface area contributed by atoms with Crippen molar-refractivity contribution in [1.82, 2.24) is 15.5 Å². The molecule has 0 aliphatic carbocycles. The Hall–Kier alpha value is -1.63. The molecule has 2 rings (SSSR count). The van der Waals surface area contributed by atoms with Crippen LogP contribution in [0.5, 0.6) is 0 Å². The first-order chi connectivity index (χ1) is 10.1. The molecule has 6 nitrogen and oxygen atoms in total. The first-order valence-electron chi connectivity index (χ1n) is 6.98. The second kappa shape index (κ2) is 10.2. The standard InChI is InChI=1S/C15H20N4O2.2ClH/c1-10(2)6-12(8-16)18-15(20)13-7-14(21-19-13)11-4-3-5-17-9-11;;/h3-5,7,9-10,12H,6,8,16H2,1-2H3,(H,18,20);2*1H. The molecule has 1 atom stereocenters. The van der Waals surface area contributed by atoms with Crippen LogP contribution in [0, 0.1) is 5.92 Å². The Morgan fingerprint density at radius 1 is 1.39 bits per heavy atom. The number of carbonyl (C=O) groups is 1. The average Bonchev–Trinajstić information content (AvgIpc) is 2.97. The number of carbonyl (C=O) groups excluding carboxylic acids is 1. The summed E-state index contributed by atoms with van der Waals surface area (Å²) < 4.78 is 5.19. The zero-order valence-corrected chi connectivity index (χ0v) is 14.7. The molecule has 0 saturated carbocycles. The van der Waals surface area contributed by atoms with Crippen LogP contribution in [0.15, 0.2) is 35.1 Å². The summed E-state index contributed by atoms with van der Waals surface area (Å²) in [6, 6.07) is 5.19. The van der Waals surface area contributed by atoms with E-state index >= 15 is 0 Å². The van der Waals surface area contributed by atoms with Crippen molar-refractivity contribution in [3.8, 4) is 11.3 Å². The van der Waals surface area contributed by atoms with E-state index in [1.165, 1.54) is 0 Å². The van der Waals surface area contributed by atoms with Gasteiger partial charge in [-0.3, -0.25) is 9.78 Å². The summed E-state index contributed by atoms with van der Waals surface area (Å²) in [4.78, 5) is 16.1. The fourth-order valence-corrected chi connectivity index (χ4v) is 2.07. The summed E-state index contributed by atoms with van der Waals surface area (Å²) in [6.07, 6.45) is 4.16. The van der Waals surface area contributed by atoms with E-state index in [2.05, 4.69) is 29.3 Å². The van der Waals surface area contributed by atoms with Gasteiger partial charge < -0.3 is 15.6 Å². The number of nitrogens with zero attached hydrogens (tertiary/aromatic N) is 2. The lowest BCUT2D eigenvalue weighted by atomic mass is 10.0. The molecule has 0 aliphatic heterocycles. The number of halogens is 2. The van der Waals surface area contributed by atoms with Crippen LogP contribution in [-0.2, 0) is 0 Å². The molecule has 2 aromatic heterocycles. The lowest BCUT2D eigenvalue weighted by Crippen LogP contribution is -2.41. The van der Waals surface area contributed by atoms with Crippen molar-refractivity contribution in [2.45, 2.75) is 26.3 Å². The van der Waals surface area contributed by atoms with Gasteiger partial charge in [0.25, 0.3) is 5.91 Å². The van der Waals surface area contributed by atoms with Gasteiger partial charge in [-0.05, 0) is 24.5 Å². The minimum absolute atomic E-state index is 0. The van der Waals surface area contributed by atoms with E-state index < -0.39 is 0 Å². The number of amides is 1. The molecule has 0 radical (unpaired) electrons. The van der Waals surface area contributed by atoms with E-state index in [4.69, 9.17) is 10.3 Å². The molecule has 128 valence electrons. The van der Waals surface area contributed by atoms with Gasteiger partial charge in [0, 0.05) is 36.6 Å². The van der Waals surface area contributed by atoms with E-state index in [9.17, 15) is 4.79 Å². The Kier molecular flexibility index (Phi) is 9.48. The van der Waals surface area contributed by atoms with Crippen molar-refractivity contribution in [3.05, 3.63) is 36.3 Å². The summed E-state index contributed by atoms with van der Waals surface area (Å²) >= 11 is 0. The molecule has 0 spiro atoms. The van der Waals surface area contributed by atoms with Crippen molar-refractivity contribution in [2.24, 2.45) is 11.7 Å². The normalized spacial score (nSPS) is 11.3. The van der Waals surface area contributed by atoms with E-state index in [1.807, 2.05) is 6.07 Å². The highest BCUT2D eigenvalue weighted by atomic mass is 35.5. The Morgan fingerprint density at radius 3 is 2.70 bits per heavy atom. The van der Waals surface area contributed by atoms with Crippen LogP contribution < -0.4 is 11.1 Å². The SMILES string of the molecule is CC(C)CC(CN)NC(=O)c1cc(-c2cccnc2)on1.Cl.Cl. The number of hydrogen-bond acceptors (Lipinski definition) is 5. The van der Waals surface area contributed by atoms with Crippen molar-refractivity contribution in [1.29, 1.82) is 0 Å². The smallest absolute Gasteiger partial charge is 0.273 e. The van der Waals surface area contributed by atoms with Gasteiger partial charge in [0.15, 0.2) is 11.5 Å². The van der Waals surface area contributed by atoms with Crippen LogP contribution in [0.3, 0.4) is 0 Å². The number of aromatic nitrogens is 2. The number of rotatable bonds is 6. The van der Waals surface area contributed by atoms with Crippen LogP contribution in [0.2, 0.25) is 0 Å². The van der Waals surface area contributed by atoms with Gasteiger partial charge in [-0.1, -0.05) is 19.0 Å². The minimum Gasteiger partial charge on any atom is -0.355 e. The van der Waals surface area contributed by atoms with Crippen LogP contribution >= 0.6 is 24.8 Å². The number of nitrogens with one attached hydrogen (secondary N) is 1. The third-order valence-electron chi connectivity index (χ3n) is 3.06. The van der Waals surface area contributed by atoms with Crippen LogP contribution in [0.4, 0.5) is 0 Å². The quantitative estimate of drug-likeness (QED) is 0.825. The number of nitrogens with two attached hydrogens (primary N) is 1. The zero-order chi connectivity index (χ0) is 15.2. The Balaban J connectivity index is 0.00000242. The molecule has 23 heavy (non-hydrogen) atoms. The van der Waals surface area contributed by atoms with Gasteiger partial charge in [-0.15, -0.1) is 24.8 Å². The highest BCUT2D eigenvalue weighted by Crippen LogP contribution is 2.18. The molecule has 0 fully saturated rings. The molecule has 0 bridgehead atoms. The predicted molar refractivity (Wildman–Crippen MR) is 94.0 cm³/mol. The Labute approximate surface area is 148 Å². The van der Waals surface area contributed by atoms with E-state index in [0.717, 1.165) is 12.0 Å². The monoisotopic (exact) mass is 360 g/mol. The molecular weight excluding hydrogens is 339 g/mol. The van der Waals surface area contributed by atoms with E-state index in [0.29, 0.717) is 18.2 Å². The number of pyridine rings is 1. The molecule has 0 aliphatic rings. The summed E-state index contributed by atoms with van der Waals surface area (Å²) in [5.41, 5.74) is 6.70. The first-order valence-corrected chi connectivity index (χ1v) is 6.98. The van der Waals surface area contributed by atoms with Crippen LogP contribution in [-0.4, -0.2) is 28.6 Å². The van der Waals surface area contributed by atoms with Crippen LogP contribution in [0.1, 0.15) is 30.8 Å². The van der Waals surface area contributed by atoms with Gasteiger partial charge in [-0.25, -0.2) is 0 Å². The molecule has 1 amide bonds. The second-order valence-corrected chi connectivity index (χ2v) is 5.35. The number of hydrogen-bond donors (Lipinski definition) is 2. The van der Waals surface area contributed by atoms with Crippen molar-refractivity contribution >= 4 is 30.7 Å². The molecule has 0 saturated heterocycles. The minimum atomic E-state index is -0.273. The summed E-state index contributed by atoms with van der Waals surface area (Å²) in [6.45, 7) is 4.58. The maximum atomic E-state index is 12.1. The largest absolute Gasteiger partial charge is 0.355 e. The summed E-state index contributed by atoms with van der Waals surface area (Å²) in [5.74, 6) is 0.702. The third-order valence-corrected chi connectivity index (χ3v) is 3.06. The molecule has 8 heteroatoms. The van der Waals surface area contributed by atoms with Crippen LogP contribution in [0.25, 0.3) is 11.3 Å². The average molecular weight is 361 g/mol. The highest BCUT2D eigenvalue weighted by molar-refractivity contribution is 5.93. The Morgan fingerprint density at radius 2 is 2.13 bits per heavy atom. The fourth-order valence-electron chi connectivity index (χ4n) is 2.07. The second-order valence-electron chi connectivity index (χ2n) is 5.35. The van der Waals surface area contributed by atoms with Gasteiger partial charge in [-0.2, -0.15) is 0 Å². The fraction of sp³-hybridized carbons (Fsp3) is 0.400. The zero-order valence-electron chi connectivity index (χ0n) is 13.1. The Bertz CT molecular complexity index is 590. The molecule has 2 heterocycles. The van der Waals surface area contributed by atoms with E-state index in [1.54, 1.807) is 24.5 Å². The topological polar surface area (TPSA) is 94.0 Å². The third kappa shape index (κ3) is 6.17. The van der Waals surface area contributed by atoms with Gasteiger partial charge in [0.1, 0.15) is 0 Å². The lowest BCUT2D eigenvalue weighted by molar-refractivity contribution is 0.0924. The van der Waals surface area contributed by atoms with Crippen molar-refractivity contribution in [3.63, 3.8) is 0 Å². The molecule has 0 aromatic carbocycles. The molecular formula is C15H22Cl2N4O2. The summed E-state index contributed by atoms with van der Waals surface area (Å²) in [5, 5.41) is 6.68. The van der Waals surface area contributed by atoms with Crippen molar-refractivity contribution in [2.75, 3.05) is 6.54 Å². The molecule has 3 N–H and O–H groups in total. The van der Waals surface area contributed by atoms with Gasteiger partial charge in [0.05, 0.1) is 0 Å². The maximum absolute atomic E-state index is 12.1. The van der Waals surface area contributed by atoms with Crippen molar-refractivity contribution < 1.29 is 9.32 Å². The molecule has 1 unspecified atom stereocenters. The lowest BCUT2D eigenvalue weighted by Gasteiger charge is -2.17. The predicted octanol–water partition coefficient (Wildman–Crippen LogP) is 2.68. The molecule has 2 aromatic rings.